The van der Waals surface area contributed by atoms with Gasteiger partial charge in [0.1, 0.15) is 11.3 Å². The Bertz CT molecular complexity index is 579. The van der Waals surface area contributed by atoms with Gasteiger partial charge in [0.2, 0.25) is 5.91 Å². The number of aromatic nitrogens is 1. The molecular formula is C13H14N2O2. The molecule has 2 rings (SSSR count). The van der Waals surface area contributed by atoms with E-state index in [2.05, 4.69) is 4.98 Å². The highest BCUT2D eigenvalue weighted by Crippen LogP contribution is 2.26. The third kappa shape index (κ3) is 2.06. The van der Waals surface area contributed by atoms with Gasteiger partial charge in [-0.3, -0.25) is 4.79 Å². The highest BCUT2D eigenvalue weighted by molar-refractivity contribution is 6.06. The molecule has 0 bridgehead atoms. The summed E-state index contributed by atoms with van der Waals surface area (Å²) >= 11 is 0. The van der Waals surface area contributed by atoms with E-state index >= 15 is 0 Å². The summed E-state index contributed by atoms with van der Waals surface area (Å²) in [6.07, 6.45) is 0. The van der Waals surface area contributed by atoms with Gasteiger partial charge in [-0.2, -0.15) is 0 Å². The molecule has 88 valence electrons. The van der Waals surface area contributed by atoms with E-state index < -0.39 is 5.91 Å². The van der Waals surface area contributed by atoms with Gasteiger partial charge < -0.3 is 10.5 Å². The first-order valence-electron chi connectivity index (χ1n) is 5.46. The number of pyridine rings is 1. The Morgan fingerprint density at radius 2 is 2.24 bits per heavy atom. The third-order valence-corrected chi connectivity index (χ3v) is 2.50. The number of amides is 1. The largest absolute Gasteiger partial charge is 0.492 e. The van der Waals surface area contributed by atoms with Crippen molar-refractivity contribution in [1.82, 2.24) is 4.98 Å². The number of nitrogens with two attached hydrogens (primary N) is 1. The maximum Gasteiger partial charge on any atom is 0.249 e. The Morgan fingerprint density at radius 1 is 1.47 bits per heavy atom. The molecule has 0 unspecified atom stereocenters. The number of ether oxygens (including phenoxy) is 1. The SMILES string of the molecule is CCOc1cccc2c(C(N)=O)cc(C)nc12. The number of aryl methyl sites for hydroxylation is 1. The van der Waals surface area contributed by atoms with Gasteiger partial charge in [0, 0.05) is 11.1 Å². The lowest BCUT2D eigenvalue weighted by Gasteiger charge is -2.09. The minimum absolute atomic E-state index is 0.450. The minimum atomic E-state index is -0.450. The summed E-state index contributed by atoms with van der Waals surface area (Å²) in [4.78, 5) is 15.8. The first-order chi connectivity index (χ1) is 8.13. The first-order valence-corrected chi connectivity index (χ1v) is 5.46. The Morgan fingerprint density at radius 3 is 2.88 bits per heavy atom. The maximum atomic E-state index is 11.4. The maximum absolute atomic E-state index is 11.4. The van der Waals surface area contributed by atoms with Crippen LogP contribution in [0.25, 0.3) is 10.9 Å². The van der Waals surface area contributed by atoms with E-state index in [1.54, 1.807) is 6.07 Å². The van der Waals surface area contributed by atoms with Crippen LogP contribution in [0.4, 0.5) is 0 Å². The summed E-state index contributed by atoms with van der Waals surface area (Å²) in [6, 6.07) is 7.19. The van der Waals surface area contributed by atoms with Crippen LogP contribution in [0, 0.1) is 6.92 Å². The number of benzene rings is 1. The van der Waals surface area contributed by atoms with Crippen molar-refractivity contribution in [2.75, 3.05) is 6.61 Å². The number of rotatable bonds is 3. The molecule has 0 atom stereocenters. The molecule has 1 aromatic heterocycles. The number of nitrogens with zero attached hydrogens (tertiary/aromatic N) is 1. The molecule has 1 aromatic carbocycles. The van der Waals surface area contributed by atoms with Crippen molar-refractivity contribution in [3.63, 3.8) is 0 Å². The van der Waals surface area contributed by atoms with E-state index in [0.717, 1.165) is 11.1 Å². The van der Waals surface area contributed by atoms with Gasteiger partial charge in [-0.25, -0.2) is 4.98 Å². The quantitative estimate of drug-likeness (QED) is 0.877. The predicted molar refractivity (Wildman–Crippen MR) is 66.2 cm³/mol. The zero-order chi connectivity index (χ0) is 12.4. The number of carbonyl (C=O) groups excluding carboxylic acids is 1. The van der Waals surface area contributed by atoms with Gasteiger partial charge in [0.05, 0.1) is 12.2 Å². The van der Waals surface area contributed by atoms with Crippen molar-refractivity contribution >= 4 is 16.8 Å². The molecule has 0 aliphatic heterocycles. The van der Waals surface area contributed by atoms with Crippen LogP contribution < -0.4 is 10.5 Å². The van der Waals surface area contributed by atoms with E-state index in [4.69, 9.17) is 10.5 Å². The van der Waals surface area contributed by atoms with Crippen LogP contribution in [0.2, 0.25) is 0 Å². The van der Waals surface area contributed by atoms with Crippen LogP contribution in [-0.4, -0.2) is 17.5 Å². The molecular weight excluding hydrogens is 216 g/mol. The highest BCUT2D eigenvalue weighted by Gasteiger charge is 2.11. The second kappa shape index (κ2) is 4.41. The number of carbonyl (C=O) groups is 1. The summed E-state index contributed by atoms with van der Waals surface area (Å²) < 4.78 is 5.49. The monoisotopic (exact) mass is 230 g/mol. The van der Waals surface area contributed by atoms with Crippen LogP contribution in [-0.2, 0) is 0 Å². The Hall–Kier alpha value is -2.10. The van der Waals surface area contributed by atoms with E-state index in [0.29, 0.717) is 23.4 Å². The zero-order valence-electron chi connectivity index (χ0n) is 9.86. The smallest absolute Gasteiger partial charge is 0.249 e. The fourth-order valence-electron chi connectivity index (χ4n) is 1.83. The topological polar surface area (TPSA) is 65.2 Å². The number of hydrogen-bond donors (Lipinski definition) is 1. The van der Waals surface area contributed by atoms with Crippen LogP contribution in [0.15, 0.2) is 24.3 Å². The molecule has 0 fully saturated rings. The minimum Gasteiger partial charge on any atom is -0.492 e. The lowest BCUT2D eigenvalue weighted by molar-refractivity contribution is 0.100. The molecule has 1 heterocycles. The molecule has 0 spiro atoms. The fourth-order valence-corrected chi connectivity index (χ4v) is 1.83. The van der Waals surface area contributed by atoms with Gasteiger partial charge >= 0.3 is 0 Å². The second-order valence-corrected chi connectivity index (χ2v) is 3.76. The highest BCUT2D eigenvalue weighted by atomic mass is 16.5. The summed E-state index contributed by atoms with van der Waals surface area (Å²) in [7, 11) is 0. The summed E-state index contributed by atoms with van der Waals surface area (Å²) in [5, 5.41) is 0.731. The normalized spacial score (nSPS) is 10.5. The Labute approximate surface area is 99.4 Å². The van der Waals surface area contributed by atoms with Crippen LogP contribution in [0.5, 0.6) is 5.75 Å². The van der Waals surface area contributed by atoms with Crippen molar-refractivity contribution in [1.29, 1.82) is 0 Å². The van der Waals surface area contributed by atoms with E-state index in [9.17, 15) is 4.79 Å². The van der Waals surface area contributed by atoms with Gasteiger partial charge in [-0.05, 0) is 26.0 Å². The molecule has 0 saturated carbocycles. The van der Waals surface area contributed by atoms with E-state index in [1.807, 2.05) is 32.0 Å². The van der Waals surface area contributed by atoms with Gasteiger partial charge in [-0.1, -0.05) is 12.1 Å². The number of para-hydroxylation sites is 1. The average molecular weight is 230 g/mol. The van der Waals surface area contributed by atoms with Gasteiger partial charge in [-0.15, -0.1) is 0 Å². The van der Waals surface area contributed by atoms with Crippen molar-refractivity contribution in [2.24, 2.45) is 5.73 Å². The lowest BCUT2D eigenvalue weighted by atomic mass is 10.1. The molecule has 2 aromatic rings. The molecule has 4 nitrogen and oxygen atoms in total. The molecule has 4 heteroatoms. The average Bonchev–Trinajstić information content (AvgIpc) is 2.29. The molecule has 1 amide bonds. The van der Waals surface area contributed by atoms with Crippen molar-refractivity contribution in [3.8, 4) is 5.75 Å². The predicted octanol–water partition coefficient (Wildman–Crippen LogP) is 2.04. The van der Waals surface area contributed by atoms with E-state index in [1.165, 1.54) is 0 Å². The van der Waals surface area contributed by atoms with Crippen LogP contribution in [0.3, 0.4) is 0 Å². The zero-order valence-corrected chi connectivity index (χ0v) is 9.86. The van der Waals surface area contributed by atoms with Crippen molar-refractivity contribution in [2.45, 2.75) is 13.8 Å². The van der Waals surface area contributed by atoms with Crippen molar-refractivity contribution in [3.05, 3.63) is 35.5 Å². The molecule has 0 saturated heterocycles. The number of fused-ring (bicyclic) bond motifs is 1. The fraction of sp³-hybridized carbons (Fsp3) is 0.231. The second-order valence-electron chi connectivity index (χ2n) is 3.76. The van der Waals surface area contributed by atoms with E-state index in [-0.39, 0.29) is 0 Å². The summed E-state index contributed by atoms with van der Waals surface area (Å²) in [5.41, 5.74) is 7.28. The van der Waals surface area contributed by atoms with Gasteiger partial charge in [0.15, 0.2) is 0 Å². The Balaban J connectivity index is 2.78. The van der Waals surface area contributed by atoms with Crippen molar-refractivity contribution < 1.29 is 9.53 Å². The number of primary amides is 1. The standard InChI is InChI=1S/C13H14N2O2/c1-3-17-11-6-4-5-9-10(13(14)16)7-8(2)15-12(9)11/h4-7H,3H2,1-2H3,(H2,14,16). The molecule has 2 N–H and O–H groups in total. The molecule has 0 aliphatic carbocycles. The summed E-state index contributed by atoms with van der Waals surface area (Å²) in [5.74, 6) is 0.227. The lowest BCUT2D eigenvalue weighted by Crippen LogP contribution is -2.12. The molecule has 0 aliphatic rings. The molecule has 0 radical (unpaired) electrons. The van der Waals surface area contributed by atoms with Gasteiger partial charge in [0.25, 0.3) is 0 Å². The third-order valence-electron chi connectivity index (χ3n) is 2.50. The van der Waals surface area contributed by atoms with Crippen LogP contribution in [0.1, 0.15) is 23.0 Å². The first kappa shape index (κ1) is 11.4. The Kier molecular flexibility index (Phi) is 2.95. The van der Waals surface area contributed by atoms with Crippen LogP contribution >= 0.6 is 0 Å². The number of hydrogen-bond acceptors (Lipinski definition) is 3. The molecule has 17 heavy (non-hydrogen) atoms. The summed E-state index contributed by atoms with van der Waals surface area (Å²) in [6.45, 7) is 4.29.